The van der Waals surface area contributed by atoms with Gasteiger partial charge >= 0.3 is 5.97 Å². The highest BCUT2D eigenvalue weighted by Crippen LogP contribution is 2.35. The fourth-order valence-corrected chi connectivity index (χ4v) is 1.92. The molecular weight excluding hydrogens is 244 g/mol. The lowest BCUT2D eigenvalue weighted by molar-refractivity contribution is -0.238. The first-order valence-electron chi connectivity index (χ1n) is 6.25. The van der Waals surface area contributed by atoms with Crippen molar-refractivity contribution in [3.05, 3.63) is 23.8 Å². The van der Waals surface area contributed by atoms with Crippen molar-refractivity contribution < 1.29 is 14.9 Å². The molecule has 0 aliphatic rings. The van der Waals surface area contributed by atoms with Crippen molar-refractivity contribution in [3.8, 4) is 0 Å². The quantitative estimate of drug-likeness (QED) is 0.658. The fraction of sp³-hybridized carbons (Fsp3) is 0.643. The first-order valence-corrected chi connectivity index (χ1v) is 6.25. The zero-order valence-electron chi connectivity index (χ0n) is 12.4. The van der Waals surface area contributed by atoms with E-state index in [2.05, 4.69) is 14.9 Å². The minimum atomic E-state index is -0.695. The maximum Gasteiger partial charge on any atom is 0.350 e. The maximum absolute atomic E-state index is 11.7. The summed E-state index contributed by atoms with van der Waals surface area (Å²) in [6.07, 6.45) is 3.25. The Hall–Kier alpha value is -1.49. The molecule has 1 heterocycles. The van der Waals surface area contributed by atoms with Crippen molar-refractivity contribution in [2.24, 2.45) is 5.41 Å². The van der Waals surface area contributed by atoms with Gasteiger partial charge in [0, 0.05) is 23.4 Å². The van der Waals surface area contributed by atoms with Crippen LogP contribution >= 0.6 is 0 Å². The molecule has 0 fully saturated rings. The smallest absolute Gasteiger partial charge is 0.300 e. The lowest BCUT2D eigenvalue weighted by Crippen LogP contribution is -2.28. The SMILES string of the molecule is CC(C)(C)c1ncc(C(C(=O)OO)C(C)(C)C)cn1. The molecule has 5 nitrogen and oxygen atoms in total. The van der Waals surface area contributed by atoms with E-state index in [1.807, 2.05) is 41.5 Å². The minimum Gasteiger partial charge on any atom is -0.300 e. The molecule has 1 atom stereocenters. The van der Waals surface area contributed by atoms with E-state index in [4.69, 9.17) is 5.26 Å². The first-order chi connectivity index (χ1) is 8.57. The predicted molar refractivity (Wildman–Crippen MR) is 71.6 cm³/mol. The van der Waals surface area contributed by atoms with Crippen molar-refractivity contribution in [1.82, 2.24) is 9.97 Å². The Balaban J connectivity index is 3.16. The average Bonchev–Trinajstić information content (AvgIpc) is 2.26. The van der Waals surface area contributed by atoms with E-state index < -0.39 is 17.3 Å². The summed E-state index contributed by atoms with van der Waals surface area (Å²) in [5.74, 6) is -0.590. The van der Waals surface area contributed by atoms with Crippen LogP contribution in [0.2, 0.25) is 0 Å². The van der Waals surface area contributed by atoms with E-state index in [1.165, 1.54) is 0 Å². The third-order valence-electron chi connectivity index (χ3n) is 2.87. The molecule has 1 unspecified atom stereocenters. The number of hydrogen-bond donors (Lipinski definition) is 1. The molecule has 19 heavy (non-hydrogen) atoms. The van der Waals surface area contributed by atoms with Crippen LogP contribution in [0.15, 0.2) is 12.4 Å². The van der Waals surface area contributed by atoms with Crippen molar-refractivity contribution in [3.63, 3.8) is 0 Å². The summed E-state index contributed by atoms with van der Waals surface area (Å²) in [4.78, 5) is 24.2. The first kappa shape index (κ1) is 15.6. The Kier molecular flexibility index (Phi) is 4.30. The summed E-state index contributed by atoms with van der Waals surface area (Å²) < 4.78 is 0. The lowest BCUT2D eigenvalue weighted by atomic mass is 9.77. The Morgan fingerprint density at radius 3 is 1.95 bits per heavy atom. The number of carbonyl (C=O) groups is 1. The van der Waals surface area contributed by atoms with Crippen LogP contribution in [0.1, 0.15) is 58.8 Å². The van der Waals surface area contributed by atoms with Crippen LogP contribution < -0.4 is 0 Å². The molecule has 0 saturated heterocycles. The minimum absolute atomic E-state index is 0.146. The van der Waals surface area contributed by atoms with Crippen molar-refractivity contribution in [2.45, 2.75) is 52.9 Å². The molecule has 1 N–H and O–H groups in total. The molecule has 5 heteroatoms. The van der Waals surface area contributed by atoms with Gasteiger partial charge in [-0.05, 0) is 5.41 Å². The zero-order chi connectivity index (χ0) is 14.8. The lowest BCUT2D eigenvalue weighted by Gasteiger charge is -2.27. The maximum atomic E-state index is 11.7. The Morgan fingerprint density at radius 2 is 1.63 bits per heavy atom. The summed E-state index contributed by atoms with van der Waals surface area (Å²) in [5.41, 5.74) is 0.0965. The second kappa shape index (κ2) is 5.25. The van der Waals surface area contributed by atoms with Gasteiger partial charge in [0.2, 0.25) is 0 Å². The van der Waals surface area contributed by atoms with E-state index in [1.54, 1.807) is 12.4 Å². The molecule has 1 aromatic rings. The molecule has 0 bridgehead atoms. The van der Waals surface area contributed by atoms with Gasteiger partial charge in [0.05, 0.1) is 5.92 Å². The second-order valence-electron chi connectivity index (χ2n) is 6.80. The highest BCUT2D eigenvalue weighted by atomic mass is 17.1. The predicted octanol–water partition coefficient (Wildman–Crippen LogP) is 2.92. The largest absolute Gasteiger partial charge is 0.350 e. The van der Waals surface area contributed by atoms with Gasteiger partial charge in [-0.2, -0.15) is 5.26 Å². The summed E-state index contributed by atoms with van der Waals surface area (Å²) in [5, 5.41) is 8.62. The molecule has 0 saturated carbocycles. The van der Waals surface area contributed by atoms with Crippen LogP contribution in [-0.4, -0.2) is 21.2 Å². The van der Waals surface area contributed by atoms with Gasteiger partial charge in [-0.3, -0.25) is 0 Å². The Labute approximate surface area is 114 Å². The van der Waals surface area contributed by atoms with Crippen LogP contribution in [0.5, 0.6) is 0 Å². The van der Waals surface area contributed by atoms with E-state index >= 15 is 0 Å². The Morgan fingerprint density at radius 1 is 1.16 bits per heavy atom. The van der Waals surface area contributed by atoms with Gasteiger partial charge < -0.3 is 4.89 Å². The van der Waals surface area contributed by atoms with Crippen molar-refractivity contribution >= 4 is 5.97 Å². The molecule has 0 spiro atoms. The summed E-state index contributed by atoms with van der Waals surface area (Å²) in [6.45, 7) is 11.7. The normalized spacial score (nSPS) is 14.1. The van der Waals surface area contributed by atoms with Crippen molar-refractivity contribution in [1.29, 1.82) is 0 Å². The van der Waals surface area contributed by atoms with Crippen LogP contribution in [0.4, 0.5) is 0 Å². The fourth-order valence-electron chi connectivity index (χ4n) is 1.92. The van der Waals surface area contributed by atoms with Gasteiger partial charge in [0.25, 0.3) is 0 Å². The van der Waals surface area contributed by atoms with Crippen LogP contribution in [0.25, 0.3) is 0 Å². The Bertz CT molecular complexity index is 441. The number of carbonyl (C=O) groups excluding carboxylic acids is 1. The van der Waals surface area contributed by atoms with Gasteiger partial charge in [0.1, 0.15) is 5.82 Å². The molecule has 0 amide bonds. The molecule has 0 aliphatic carbocycles. The van der Waals surface area contributed by atoms with Crippen LogP contribution in [0.3, 0.4) is 0 Å². The third kappa shape index (κ3) is 3.73. The standard InChI is InChI=1S/C14H22N2O3/c1-13(2,3)10(11(17)19-18)9-7-15-12(16-8-9)14(4,5)6/h7-8,10,18H,1-6H3. The van der Waals surface area contributed by atoms with Gasteiger partial charge in [-0.1, -0.05) is 41.5 Å². The number of nitrogens with zero attached hydrogens (tertiary/aromatic N) is 2. The number of hydrogen-bond acceptors (Lipinski definition) is 5. The molecule has 0 aromatic carbocycles. The zero-order valence-corrected chi connectivity index (χ0v) is 12.4. The topological polar surface area (TPSA) is 72.3 Å². The third-order valence-corrected chi connectivity index (χ3v) is 2.87. The van der Waals surface area contributed by atoms with Crippen molar-refractivity contribution in [2.75, 3.05) is 0 Å². The average molecular weight is 266 g/mol. The number of rotatable bonds is 2. The molecule has 1 rings (SSSR count). The monoisotopic (exact) mass is 266 g/mol. The van der Waals surface area contributed by atoms with Gasteiger partial charge in [-0.15, -0.1) is 0 Å². The highest BCUT2D eigenvalue weighted by molar-refractivity contribution is 5.78. The summed E-state index contributed by atoms with van der Waals surface area (Å²) >= 11 is 0. The highest BCUT2D eigenvalue weighted by Gasteiger charge is 2.35. The second-order valence-corrected chi connectivity index (χ2v) is 6.80. The van der Waals surface area contributed by atoms with E-state index in [0.717, 1.165) is 0 Å². The number of aromatic nitrogens is 2. The van der Waals surface area contributed by atoms with Gasteiger partial charge in [-0.25, -0.2) is 14.8 Å². The summed E-state index contributed by atoms with van der Waals surface area (Å²) in [6, 6.07) is 0. The molecule has 1 aromatic heterocycles. The van der Waals surface area contributed by atoms with E-state index in [-0.39, 0.29) is 5.41 Å². The van der Waals surface area contributed by atoms with E-state index in [9.17, 15) is 4.79 Å². The van der Waals surface area contributed by atoms with E-state index in [0.29, 0.717) is 11.4 Å². The molecular formula is C14H22N2O3. The molecule has 0 aliphatic heterocycles. The molecule has 0 radical (unpaired) electrons. The summed E-state index contributed by atoms with van der Waals surface area (Å²) in [7, 11) is 0. The van der Waals surface area contributed by atoms with Crippen LogP contribution in [0, 0.1) is 5.41 Å². The molecule has 106 valence electrons. The van der Waals surface area contributed by atoms with Crippen LogP contribution in [-0.2, 0) is 15.1 Å². The van der Waals surface area contributed by atoms with Gasteiger partial charge in [0.15, 0.2) is 0 Å².